The average Bonchev–Trinajstić information content (AvgIpc) is 3.06. The van der Waals surface area contributed by atoms with Crippen LogP contribution in [0, 0.1) is 0 Å². The molecule has 132 valence electrons. The lowest BCUT2D eigenvalue weighted by Crippen LogP contribution is -2.38. The second kappa shape index (κ2) is 7.00. The lowest BCUT2D eigenvalue weighted by Gasteiger charge is -2.27. The number of hydrogen-bond donors (Lipinski definition) is 1. The largest absolute Gasteiger partial charge is 0.337 e. The fourth-order valence-electron chi connectivity index (χ4n) is 4.33. The maximum absolute atomic E-state index is 13.1. The molecule has 1 aromatic heterocycles. The van der Waals surface area contributed by atoms with Crippen LogP contribution in [0.25, 0.3) is 10.8 Å². The van der Waals surface area contributed by atoms with Crippen molar-refractivity contribution in [2.75, 3.05) is 26.2 Å². The van der Waals surface area contributed by atoms with E-state index in [1.165, 1.54) is 25.7 Å². The number of benzene rings is 1. The van der Waals surface area contributed by atoms with E-state index in [1.807, 2.05) is 23.1 Å². The molecule has 0 spiro atoms. The van der Waals surface area contributed by atoms with Crippen LogP contribution in [0.4, 0.5) is 0 Å². The molecule has 1 aromatic carbocycles. The number of rotatable bonds is 2. The normalized spacial score (nSPS) is 20.1. The summed E-state index contributed by atoms with van der Waals surface area (Å²) in [5, 5.41) is 1.32. The fraction of sp³-hybridized carbons (Fsp3) is 0.500. The fourth-order valence-corrected chi connectivity index (χ4v) is 4.33. The SMILES string of the molecule is O=C(c1c[nH]c(=O)c2ccccc12)N1CCCN(C2CCCC2)CC1. The van der Waals surface area contributed by atoms with Gasteiger partial charge in [-0.3, -0.25) is 14.5 Å². The van der Waals surface area contributed by atoms with Crippen LogP contribution in [0.2, 0.25) is 0 Å². The zero-order valence-electron chi connectivity index (χ0n) is 14.5. The molecule has 2 aromatic rings. The molecule has 0 unspecified atom stereocenters. The predicted molar refractivity (Wildman–Crippen MR) is 98.9 cm³/mol. The van der Waals surface area contributed by atoms with Crippen molar-refractivity contribution in [3.05, 3.63) is 46.4 Å². The van der Waals surface area contributed by atoms with Gasteiger partial charge in [0.2, 0.25) is 0 Å². The van der Waals surface area contributed by atoms with Crippen LogP contribution in [0.15, 0.2) is 35.3 Å². The van der Waals surface area contributed by atoms with Crippen molar-refractivity contribution in [2.24, 2.45) is 0 Å². The number of nitrogens with one attached hydrogen (secondary N) is 1. The minimum Gasteiger partial charge on any atom is -0.337 e. The summed E-state index contributed by atoms with van der Waals surface area (Å²) in [7, 11) is 0. The first-order valence-electron chi connectivity index (χ1n) is 9.38. The van der Waals surface area contributed by atoms with Crippen LogP contribution in [-0.2, 0) is 0 Å². The molecule has 0 radical (unpaired) electrons. The van der Waals surface area contributed by atoms with E-state index in [9.17, 15) is 9.59 Å². The summed E-state index contributed by atoms with van der Waals surface area (Å²) in [6, 6.07) is 8.05. The Hall–Kier alpha value is -2.14. The molecule has 1 aliphatic carbocycles. The Kier molecular flexibility index (Phi) is 4.57. The highest BCUT2D eigenvalue weighted by molar-refractivity contribution is 6.06. The summed E-state index contributed by atoms with van der Waals surface area (Å²) >= 11 is 0. The lowest BCUT2D eigenvalue weighted by atomic mass is 10.1. The summed E-state index contributed by atoms with van der Waals surface area (Å²) in [5.41, 5.74) is 0.458. The summed E-state index contributed by atoms with van der Waals surface area (Å²) < 4.78 is 0. The van der Waals surface area contributed by atoms with Gasteiger partial charge in [0.05, 0.1) is 5.56 Å². The topological polar surface area (TPSA) is 56.4 Å². The van der Waals surface area contributed by atoms with Gasteiger partial charge >= 0.3 is 0 Å². The van der Waals surface area contributed by atoms with Crippen molar-refractivity contribution in [1.82, 2.24) is 14.8 Å². The Balaban J connectivity index is 1.55. The first-order chi connectivity index (χ1) is 12.2. The molecule has 2 heterocycles. The van der Waals surface area contributed by atoms with Gasteiger partial charge in [-0.2, -0.15) is 0 Å². The highest BCUT2D eigenvalue weighted by Gasteiger charge is 2.27. The third-order valence-corrected chi connectivity index (χ3v) is 5.70. The Bertz CT molecular complexity index is 823. The maximum Gasteiger partial charge on any atom is 0.256 e. The number of pyridine rings is 1. The maximum atomic E-state index is 13.1. The number of hydrogen-bond acceptors (Lipinski definition) is 3. The minimum absolute atomic E-state index is 0.0284. The Morgan fingerprint density at radius 3 is 2.52 bits per heavy atom. The highest BCUT2D eigenvalue weighted by Crippen LogP contribution is 2.25. The van der Waals surface area contributed by atoms with Crippen molar-refractivity contribution >= 4 is 16.7 Å². The van der Waals surface area contributed by atoms with Gasteiger partial charge < -0.3 is 9.88 Å². The Morgan fingerprint density at radius 2 is 1.72 bits per heavy atom. The number of amides is 1. The van der Waals surface area contributed by atoms with Crippen molar-refractivity contribution in [3.63, 3.8) is 0 Å². The van der Waals surface area contributed by atoms with Gasteiger partial charge in [0, 0.05) is 49.2 Å². The highest BCUT2D eigenvalue weighted by atomic mass is 16.2. The number of nitrogens with zero attached hydrogens (tertiary/aromatic N) is 2. The van der Waals surface area contributed by atoms with Gasteiger partial charge in [-0.1, -0.05) is 31.0 Å². The zero-order chi connectivity index (χ0) is 17.2. The average molecular weight is 339 g/mol. The molecule has 5 nitrogen and oxygen atoms in total. The van der Waals surface area contributed by atoms with Gasteiger partial charge in [-0.25, -0.2) is 0 Å². The van der Waals surface area contributed by atoms with Gasteiger partial charge in [-0.05, 0) is 25.3 Å². The van der Waals surface area contributed by atoms with Crippen LogP contribution >= 0.6 is 0 Å². The molecule has 0 atom stereocenters. The molecule has 1 saturated carbocycles. The van der Waals surface area contributed by atoms with Gasteiger partial charge in [-0.15, -0.1) is 0 Å². The van der Waals surface area contributed by atoms with E-state index in [-0.39, 0.29) is 11.5 Å². The monoisotopic (exact) mass is 339 g/mol. The third-order valence-electron chi connectivity index (χ3n) is 5.70. The molecule has 1 saturated heterocycles. The van der Waals surface area contributed by atoms with E-state index in [0.29, 0.717) is 17.0 Å². The van der Waals surface area contributed by atoms with Crippen LogP contribution in [0.3, 0.4) is 0 Å². The molecular formula is C20H25N3O2. The molecule has 5 heteroatoms. The zero-order valence-corrected chi connectivity index (χ0v) is 14.5. The number of fused-ring (bicyclic) bond motifs is 1. The molecule has 1 amide bonds. The number of aromatic amines is 1. The van der Waals surface area contributed by atoms with Crippen LogP contribution in [-0.4, -0.2) is 52.9 Å². The number of carbonyl (C=O) groups is 1. The van der Waals surface area contributed by atoms with Crippen molar-refractivity contribution in [1.29, 1.82) is 0 Å². The predicted octanol–water partition coefficient (Wildman–Crippen LogP) is 2.62. The number of H-pyrrole nitrogens is 1. The molecule has 2 aliphatic rings. The lowest BCUT2D eigenvalue weighted by molar-refractivity contribution is 0.0759. The molecule has 4 rings (SSSR count). The second-order valence-electron chi connectivity index (χ2n) is 7.20. The first-order valence-corrected chi connectivity index (χ1v) is 9.38. The number of carbonyl (C=O) groups excluding carboxylic acids is 1. The molecular weight excluding hydrogens is 314 g/mol. The summed E-state index contributed by atoms with van der Waals surface area (Å²) in [4.78, 5) is 32.3. The number of aromatic nitrogens is 1. The van der Waals surface area contributed by atoms with E-state index < -0.39 is 0 Å². The second-order valence-corrected chi connectivity index (χ2v) is 7.20. The smallest absolute Gasteiger partial charge is 0.256 e. The summed E-state index contributed by atoms with van der Waals surface area (Å²) in [6.07, 6.45) is 7.88. The van der Waals surface area contributed by atoms with Gasteiger partial charge in [0.1, 0.15) is 0 Å². The minimum atomic E-state index is -0.143. The Morgan fingerprint density at radius 1 is 0.960 bits per heavy atom. The van der Waals surface area contributed by atoms with Crippen molar-refractivity contribution in [3.8, 4) is 0 Å². The first kappa shape index (κ1) is 16.3. The van der Waals surface area contributed by atoms with Gasteiger partial charge in [0.25, 0.3) is 11.5 Å². The van der Waals surface area contributed by atoms with Crippen LogP contribution < -0.4 is 5.56 Å². The molecule has 1 N–H and O–H groups in total. The standard InChI is InChI=1S/C20H25N3O2/c24-19-17-9-4-3-8-16(17)18(14-21-19)20(25)23-11-5-10-22(12-13-23)15-6-1-2-7-15/h3-4,8-9,14-15H,1-2,5-7,10-13H2,(H,21,24). The molecule has 25 heavy (non-hydrogen) atoms. The van der Waals surface area contributed by atoms with Gasteiger partial charge in [0.15, 0.2) is 0 Å². The van der Waals surface area contributed by atoms with Crippen molar-refractivity contribution in [2.45, 2.75) is 38.1 Å². The third kappa shape index (κ3) is 3.21. The summed E-state index contributed by atoms with van der Waals surface area (Å²) in [6.45, 7) is 3.59. The quantitative estimate of drug-likeness (QED) is 0.915. The molecule has 2 fully saturated rings. The van der Waals surface area contributed by atoms with E-state index in [0.717, 1.165) is 38.0 Å². The van der Waals surface area contributed by atoms with E-state index in [4.69, 9.17) is 0 Å². The van der Waals surface area contributed by atoms with Crippen LogP contribution in [0.1, 0.15) is 42.5 Å². The molecule has 0 bridgehead atoms. The van der Waals surface area contributed by atoms with E-state index >= 15 is 0 Å². The van der Waals surface area contributed by atoms with E-state index in [2.05, 4.69) is 9.88 Å². The van der Waals surface area contributed by atoms with Crippen molar-refractivity contribution < 1.29 is 4.79 Å². The van der Waals surface area contributed by atoms with Crippen LogP contribution in [0.5, 0.6) is 0 Å². The summed E-state index contributed by atoms with van der Waals surface area (Å²) in [5.74, 6) is 0.0284. The van der Waals surface area contributed by atoms with E-state index in [1.54, 1.807) is 12.3 Å². The Labute approximate surface area is 147 Å². The molecule has 1 aliphatic heterocycles.